The molecule has 110 valence electrons. The van der Waals surface area contributed by atoms with Crippen molar-refractivity contribution in [3.8, 4) is 0 Å². The summed E-state index contributed by atoms with van der Waals surface area (Å²) in [4.78, 5) is 27.2. The maximum absolute atomic E-state index is 12.4. The van der Waals surface area contributed by atoms with Crippen LogP contribution in [0.5, 0.6) is 0 Å². The van der Waals surface area contributed by atoms with Crippen molar-refractivity contribution in [1.82, 2.24) is 9.80 Å². The van der Waals surface area contributed by atoms with E-state index in [0.29, 0.717) is 25.9 Å². The Hall–Kier alpha value is -1.26. The molecule has 1 heterocycles. The number of carboxylic acids is 1. The van der Waals surface area contributed by atoms with Crippen LogP contribution in [0.1, 0.15) is 52.4 Å². The molecule has 0 bridgehead atoms. The molecule has 0 saturated carbocycles. The van der Waals surface area contributed by atoms with Crippen LogP contribution in [0.3, 0.4) is 0 Å². The molecular formula is C14H26N2O3. The Morgan fingerprint density at radius 2 is 2.00 bits per heavy atom. The molecule has 0 aromatic heterocycles. The highest BCUT2D eigenvalue weighted by atomic mass is 16.4. The molecule has 0 aromatic carbocycles. The molecule has 2 amide bonds. The summed E-state index contributed by atoms with van der Waals surface area (Å²) in [7, 11) is 1.76. The summed E-state index contributed by atoms with van der Waals surface area (Å²) in [6.07, 6.45) is 4.98. The Kier molecular flexibility index (Phi) is 5.63. The molecule has 1 fully saturated rings. The summed E-state index contributed by atoms with van der Waals surface area (Å²) in [5, 5.41) is 9.47. The highest BCUT2D eigenvalue weighted by Gasteiger charge is 2.49. The molecule has 1 rings (SSSR count). The van der Waals surface area contributed by atoms with Gasteiger partial charge in [-0.25, -0.2) is 9.59 Å². The second-order valence-electron chi connectivity index (χ2n) is 5.36. The number of hydrogen-bond donors (Lipinski definition) is 1. The number of hydrogen-bond acceptors (Lipinski definition) is 2. The zero-order valence-corrected chi connectivity index (χ0v) is 12.3. The van der Waals surface area contributed by atoms with Gasteiger partial charge in [0.25, 0.3) is 0 Å². The van der Waals surface area contributed by atoms with Crippen LogP contribution in [-0.4, -0.2) is 52.6 Å². The lowest BCUT2D eigenvalue weighted by molar-refractivity contribution is -0.148. The van der Waals surface area contributed by atoms with Crippen LogP contribution >= 0.6 is 0 Å². The molecule has 1 unspecified atom stereocenters. The second-order valence-corrected chi connectivity index (χ2v) is 5.36. The number of likely N-dealkylation sites (tertiary alicyclic amines) is 1. The Bertz CT molecular complexity index is 333. The van der Waals surface area contributed by atoms with E-state index in [2.05, 4.69) is 6.92 Å². The van der Waals surface area contributed by atoms with Gasteiger partial charge in [0.2, 0.25) is 0 Å². The minimum atomic E-state index is -0.990. The van der Waals surface area contributed by atoms with Gasteiger partial charge in [0, 0.05) is 20.1 Å². The van der Waals surface area contributed by atoms with Gasteiger partial charge < -0.3 is 14.9 Å². The number of carbonyl (C=O) groups is 2. The zero-order valence-electron chi connectivity index (χ0n) is 12.3. The van der Waals surface area contributed by atoms with Crippen LogP contribution in [0.25, 0.3) is 0 Å². The van der Waals surface area contributed by atoms with Gasteiger partial charge in [-0.15, -0.1) is 0 Å². The van der Waals surface area contributed by atoms with E-state index < -0.39 is 11.5 Å². The van der Waals surface area contributed by atoms with E-state index in [1.807, 2.05) is 6.92 Å². The van der Waals surface area contributed by atoms with E-state index in [-0.39, 0.29) is 6.03 Å². The average Bonchev–Trinajstić information content (AvgIpc) is 2.82. The Labute approximate surface area is 115 Å². The van der Waals surface area contributed by atoms with Gasteiger partial charge in [0.05, 0.1) is 0 Å². The molecule has 1 aliphatic rings. The molecule has 1 aliphatic heterocycles. The van der Waals surface area contributed by atoms with Gasteiger partial charge in [0.1, 0.15) is 5.54 Å². The van der Waals surface area contributed by atoms with E-state index in [0.717, 1.165) is 25.7 Å². The largest absolute Gasteiger partial charge is 0.479 e. The number of amides is 2. The van der Waals surface area contributed by atoms with Crippen molar-refractivity contribution in [2.24, 2.45) is 0 Å². The maximum Gasteiger partial charge on any atom is 0.329 e. The Morgan fingerprint density at radius 1 is 1.32 bits per heavy atom. The summed E-state index contributed by atoms with van der Waals surface area (Å²) in [6, 6.07) is -0.141. The summed E-state index contributed by atoms with van der Waals surface area (Å²) >= 11 is 0. The number of urea groups is 1. The van der Waals surface area contributed by atoms with Crippen molar-refractivity contribution in [3.63, 3.8) is 0 Å². The molecule has 1 N–H and O–H groups in total. The van der Waals surface area contributed by atoms with Gasteiger partial charge in [0.15, 0.2) is 0 Å². The second kappa shape index (κ2) is 6.78. The van der Waals surface area contributed by atoms with Crippen molar-refractivity contribution < 1.29 is 14.7 Å². The minimum Gasteiger partial charge on any atom is -0.479 e. The SMILES string of the molecule is CCCCCN(C)C(=O)N1CCCC1(CC)C(=O)O. The fraction of sp³-hybridized carbons (Fsp3) is 0.857. The van der Waals surface area contributed by atoms with Crippen molar-refractivity contribution in [2.75, 3.05) is 20.1 Å². The lowest BCUT2D eigenvalue weighted by Crippen LogP contribution is -2.56. The molecule has 5 nitrogen and oxygen atoms in total. The Balaban J connectivity index is 2.71. The number of rotatable bonds is 6. The number of nitrogens with zero attached hydrogens (tertiary/aromatic N) is 2. The van der Waals surface area contributed by atoms with Gasteiger partial charge in [-0.05, 0) is 25.7 Å². The van der Waals surface area contributed by atoms with Crippen molar-refractivity contribution in [3.05, 3.63) is 0 Å². The van der Waals surface area contributed by atoms with Crippen LogP contribution in [-0.2, 0) is 4.79 Å². The highest BCUT2D eigenvalue weighted by Crippen LogP contribution is 2.33. The van der Waals surface area contributed by atoms with Gasteiger partial charge in [-0.1, -0.05) is 26.7 Å². The molecular weight excluding hydrogens is 244 g/mol. The van der Waals surface area contributed by atoms with Crippen LogP contribution in [0, 0.1) is 0 Å². The summed E-state index contributed by atoms with van der Waals surface area (Å²) < 4.78 is 0. The number of carbonyl (C=O) groups excluding carboxylic acids is 1. The van der Waals surface area contributed by atoms with E-state index in [9.17, 15) is 14.7 Å². The minimum absolute atomic E-state index is 0.141. The molecule has 5 heteroatoms. The highest BCUT2D eigenvalue weighted by molar-refractivity contribution is 5.87. The molecule has 0 spiro atoms. The number of unbranched alkanes of at least 4 members (excludes halogenated alkanes) is 2. The normalized spacial score (nSPS) is 22.6. The molecule has 0 aliphatic carbocycles. The topological polar surface area (TPSA) is 60.9 Å². The Morgan fingerprint density at radius 3 is 2.53 bits per heavy atom. The molecule has 0 aromatic rings. The summed E-state index contributed by atoms with van der Waals surface area (Å²) in [6.45, 7) is 5.21. The quantitative estimate of drug-likeness (QED) is 0.754. The monoisotopic (exact) mass is 270 g/mol. The fourth-order valence-corrected chi connectivity index (χ4v) is 2.80. The van der Waals surface area contributed by atoms with Gasteiger partial charge in [-0.2, -0.15) is 0 Å². The zero-order chi connectivity index (χ0) is 14.5. The van der Waals surface area contributed by atoms with E-state index >= 15 is 0 Å². The van der Waals surface area contributed by atoms with Crippen molar-refractivity contribution >= 4 is 12.0 Å². The van der Waals surface area contributed by atoms with Gasteiger partial charge >= 0.3 is 12.0 Å². The van der Waals surface area contributed by atoms with Crippen LogP contribution in [0.4, 0.5) is 4.79 Å². The predicted molar refractivity (Wildman–Crippen MR) is 74.1 cm³/mol. The first-order valence-electron chi connectivity index (χ1n) is 7.25. The molecule has 19 heavy (non-hydrogen) atoms. The molecule has 1 saturated heterocycles. The van der Waals surface area contributed by atoms with E-state index in [1.54, 1.807) is 16.8 Å². The maximum atomic E-state index is 12.4. The standard InChI is InChI=1S/C14H26N2O3/c1-4-6-7-10-15(3)13(19)16-11-8-9-14(16,5-2)12(17)18/h4-11H2,1-3H3,(H,17,18). The van der Waals surface area contributed by atoms with E-state index in [4.69, 9.17) is 0 Å². The first-order chi connectivity index (χ1) is 8.99. The van der Waals surface area contributed by atoms with E-state index in [1.165, 1.54) is 0 Å². The lowest BCUT2D eigenvalue weighted by atomic mass is 9.93. The first-order valence-corrected chi connectivity index (χ1v) is 7.25. The lowest BCUT2D eigenvalue weighted by Gasteiger charge is -2.36. The summed E-state index contributed by atoms with van der Waals surface area (Å²) in [5.41, 5.74) is -0.990. The van der Waals surface area contributed by atoms with Crippen molar-refractivity contribution in [2.45, 2.75) is 57.9 Å². The molecule has 1 atom stereocenters. The smallest absolute Gasteiger partial charge is 0.329 e. The average molecular weight is 270 g/mol. The predicted octanol–water partition coefficient (Wildman–Crippen LogP) is 2.56. The molecule has 0 radical (unpaired) electrons. The van der Waals surface area contributed by atoms with Crippen molar-refractivity contribution in [1.29, 1.82) is 0 Å². The third-order valence-corrected chi connectivity index (χ3v) is 4.13. The third kappa shape index (κ3) is 3.19. The number of aliphatic carboxylic acids is 1. The van der Waals surface area contributed by atoms with Crippen LogP contribution < -0.4 is 0 Å². The summed E-state index contributed by atoms with van der Waals surface area (Å²) in [5.74, 6) is -0.872. The van der Waals surface area contributed by atoms with Gasteiger partial charge in [-0.3, -0.25) is 0 Å². The van der Waals surface area contributed by atoms with Crippen LogP contribution in [0.15, 0.2) is 0 Å². The third-order valence-electron chi connectivity index (χ3n) is 4.13. The first kappa shape index (κ1) is 15.8. The number of carboxylic acid groups (broad SMARTS) is 1. The van der Waals surface area contributed by atoms with Crippen LogP contribution in [0.2, 0.25) is 0 Å². The fourth-order valence-electron chi connectivity index (χ4n) is 2.80.